The van der Waals surface area contributed by atoms with Crippen molar-refractivity contribution in [1.82, 2.24) is 9.80 Å². The molecule has 3 aliphatic heterocycles. The quantitative estimate of drug-likeness (QED) is 0.549. The van der Waals surface area contributed by atoms with E-state index in [1.807, 2.05) is 4.90 Å². The maximum atomic E-state index is 14.8. The summed E-state index contributed by atoms with van der Waals surface area (Å²) in [6, 6.07) is 4.94. The van der Waals surface area contributed by atoms with Gasteiger partial charge in [0.05, 0.1) is 34.5 Å². The van der Waals surface area contributed by atoms with E-state index in [1.165, 1.54) is 29.2 Å². The summed E-state index contributed by atoms with van der Waals surface area (Å²) in [5.74, 6) is -0.518. The Morgan fingerprint density at radius 3 is 2.69 bits per heavy atom. The third-order valence-corrected chi connectivity index (χ3v) is 6.82. The van der Waals surface area contributed by atoms with Crippen molar-refractivity contribution in [2.45, 2.75) is 12.4 Å². The summed E-state index contributed by atoms with van der Waals surface area (Å²) >= 11 is 6.66. The molecule has 3 aliphatic rings. The minimum Gasteiger partial charge on any atom is -0.507 e. The Kier molecular flexibility index (Phi) is 6.04. The van der Waals surface area contributed by atoms with E-state index in [9.17, 15) is 24.5 Å². The standard InChI is InChI=1S/C24H24ClFN4O5/c1-2-18(33)28-6-8-29(9-7-28)23-14-10-15(25)19(20-16(26)4-3-5-17(20)32)22-21(14)30(24(34)27-23)13(11-31)12-35-22/h2-5,10,13,24,31-32,34H,1,6-9,11-12H2/t13-,24?/m1/s1. The predicted octanol–water partition coefficient (Wildman–Crippen LogP) is 1.78. The van der Waals surface area contributed by atoms with E-state index in [-0.39, 0.29) is 46.8 Å². The zero-order valence-electron chi connectivity index (χ0n) is 18.7. The molecule has 11 heteroatoms. The lowest BCUT2D eigenvalue weighted by Crippen LogP contribution is -2.56. The van der Waals surface area contributed by atoms with E-state index in [4.69, 9.17) is 16.3 Å². The number of benzene rings is 2. The molecule has 35 heavy (non-hydrogen) atoms. The minimum atomic E-state index is -1.34. The van der Waals surface area contributed by atoms with Crippen molar-refractivity contribution in [3.05, 3.63) is 53.3 Å². The molecule has 2 aromatic carbocycles. The molecule has 184 valence electrons. The summed E-state index contributed by atoms with van der Waals surface area (Å²) in [6.07, 6.45) is -0.0669. The SMILES string of the molecule is C=CC(=O)N1CCN(C2=NC(O)N3c4c2cc(Cl)c(-c2c(O)cccc2F)c4OC[C@H]3CO)CC1. The molecule has 0 spiro atoms. The maximum absolute atomic E-state index is 14.8. The average Bonchev–Trinajstić information content (AvgIpc) is 2.86. The molecule has 3 N–H and O–H groups in total. The number of carbonyl (C=O) groups is 1. The largest absolute Gasteiger partial charge is 0.507 e. The molecule has 0 radical (unpaired) electrons. The van der Waals surface area contributed by atoms with Crippen LogP contribution in [0, 0.1) is 5.82 Å². The second-order valence-corrected chi connectivity index (χ2v) is 8.87. The van der Waals surface area contributed by atoms with Crippen LogP contribution in [-0.4, -0.2) is 88.6 Å². The van der Waals surface area contributed by atoms with Crippen LogP contribution in [0.5, 0.6) is 11.5 Å². The minimum absolute atomic E-state index is 0.00422. The summed E-state index contributed by atoms with van der Waals surface area (Å²) in [7, 11) is 0. The first-order chi connectivity index (χ1) is 16.8. The van der Waals surface area contributed by atoms with Crippen LogP contribution in [0.1, 0.15) is 5.56 Å². The molecule has 0 bridgehead atoms. The van der Waals surface area contributed by atoms with Gasteiger partial charge in [-0.2, -0.15) is 0 Å². The van der Waals surface area contributed by atoms with Crippen molar-refractivity contribution in [1.29, 1.82) is 0 Å². The molecule has 2 aromatic rings. The van der Waals surface area contributed by atoms with Gasteiger partial charge in [-0.1, -0.05) is 24.2 Å². The van der Waals surface area contributed by atoms with Gasteiger partial charge in [0.1, 0.15) is 24.0 Å². The molecule has 9 nitrogen and oxygen atoms in total. The first kappa shape index (κ1) is 23.4. The van der Waals surface area contributed by atoms with Crippen molar-refractivity contribution >= 4 is 29.0 Å². The number of hydrogen-bond donors (Lipinski definition) is 3. The highest BCUT2D eigenvalue weighted by Crippen LogP contribution is 2.52. The zero-order valence-corrected chi connectivity index (χ0v) is 19.5. The van der Waals surface area contributed by atoms with Crippen molar-refractivity contribution < 1.29 is 29.2 Å². The van der Waals surface area contributed by atoms with Crippen LogP contribution >= 0.6 is 11.6 Å². The average molecular weight is 503 g/mol. The fourth-order valence-electron chi connectivity index (χ4n) is 4.82. The van der Waals surface area contributed by atoms with Crippen LogP contribution in [0.4, 0.5) is 10.1 Å². The van der Waals surface area contributed by atoms with Crippen LogP contribution in [0.2, 0.25) is 5.02 Å². The molecule has 5 rings (SSSR count). The van der Waals surface area contributed by atoms with Gasteiger partial charge in [0, 0.05) is 31.7 Å². The van der Waals surface area contributed by atoms with Gasteiger partial charge in [-0.05, 0) is 24.3 Å². The summed E-state index contributed by atoms with van der Waals surface area (Å²) in [5.41, 5.74) is 0.973. The van der Waals surface area contributed by atoms with Gasteiger partial charge >= 0.3 is 0 Å². The number of hydrogen-bond acceptors (Lipinski definition) is 8. The molecule has 2 atom stereocenters. The lowest BCUT2D eigenvalue weighted by Gasteiger charge is -2.46. The van der Waals surface area contributed by atoms with Gasteiger partial charge in [-0.3, -0.25) is 4.79 Å². The number of amides is 1. The molecule has 1 amide bonds. The van der Waals surface area contributed by atoms with Crippen molar-refractivity contribution in [3.8, 4) is 22.6 Å². The predicted molar refractivity (Wildman–Crippen MR) is 128 cm³/mol. The molecular weight excluding hydrogens is 479 g/mol. The highest BCUT2D eigenvalue weighted by atomic mass is 35.5. The van der Waals surface area contributed by atoms with Crippen LogP contribution in [-0.2, 0) is 4.79 Å². The number of phenols is 1. The van der Waals surface area contributed by atoms with Crippen LogP contribution in [0.3, 0.4) is 0 Å². The van der Waals surface area contributed by atoms with E-state index in [0.29, 0.717) is 43.3 Å². The van der Waals surface area contributed by atoms with Gasteiger partial charge in [0.15, 0.2) is 5.75 Å². The van der Waals surface area contributed by atoms with E-state index < -0.39 is 18.2 Å². The molecule has 0 saturated carbocycles. The third kappa shape index (κ3) is 3.78. The Hall–Kier alpha value is -3.34. The monoisotopic (exact) mass is 502 g/mol. The van der Waals surface area contributed by atoms with Gasteiger partial charge in [-0.15, -0.1) is 0 Å². The van der Waals surface area contributed by atoms with Crippen LogP contribution in [0.25, 0.3) is 11.1 Å². The number of rotatable bonds is 3. The smallest absolute Gasteiger partial charge is 0.246 e. The summed E-state index contributed by atoms with van der Waals surface area (Å²) in [4.78, 5) is 21.6. The Morgan fingerprint density at radius 2 is 2.03 bits per heavy atom. The first-order valence-corrected chi connectivity index (χ1v) is 11.5. The van der Waals surface area contributed by atoms with E-state index in [0.717, 1.165) is 0 Å². The number of anilines is 1. The number of phenolic OH excluding ortho intramolecular Hbond substituents is 1. The summed E-state index contributed by atoms with van der Waals surface area (Å²) in [5, 5.41) is 31.5. The third-order valence-electron chi connectivity index (χ3n) is 6.52. The zero-order chi connectivity index (χ0) is 24.9. The van der Waals surface area contributed by atoms with E-state index >= 15 is 0 Å². The number of nitrogens with zero attached hydrogens (tertiary/aromatic N) is 4. The van der Waals surface area contributed by atoms with Gasteiger partial charge in [0.2, 0.25) is 12.3 Å². The van der Waals surface area contributed by atoms with Crippen molar-refractivity contribution in [2.24, 2.45) is 4.99 Å². The molecule has 1 fully saturated rings. The highest BCUT2D eigenvalue weighted by molar-refractivity contribution is 6.35. The number of piperazine rings is 1. The van der Waals surface area contributed by atoms with Crippen LogP contribution < -0.4 is 9.64 Å². The highest BCUT2D eigenvalue weighted by Gasteiger charge is 2.42. The van der Waals surface area contributed by atoms with Gasteiger partial charge in [-0.25, -0.2) is 9.38 Å². The first-order valence-electron chi connectivity index (χ1n) is 11.1. The second-order valence-electron chi connectivity index (χ2n) is 8.46. The van der Waals surface area contributed by atoms with E-state index in [2.05, 4.69) is 11.6 Å². The number of aliphatic imine (C=N–C) groups is 1. The molecule has 1 saturated heterocycles. The van der Waals surface area contributed by atoms with Crippen molar-refractivity contribution in [2.75, 3.05) is 44.3 Å². The van der Waals surface area contributed by atoms with Gasteiger partial charge < -0.3 is 34.8 Å². The van der Waals surface area contributed by atoms with Crippen LogP contribution in [0.15, 0.2) is 41.9 Å². The Bertz CT molecular complexity index is 1210. The molecule has 1 unspecified atom stereocenters. The molecule has 3 heterocycles. The number of aromatic hydroxyl groups is 1. The normalized spacial score (nSPS) is 21.3. The Morgan fingerprint density at radius 1 is 1.29 bits per heavy atom. The number of aliphatic hydroxyl groups excluding tert-OH is 2. The molecule has 0 aliphatic carbocycles. The summed E-state index contributed by atoms with van der Waals surface area (Å²) in [6.45, 7) is 5.00. The number of amidine groups is 1. The van der Waals surface area contributed by atoms with Gasteiger partial charge in [0.25, 0.3) is 0 Å². The number of halogens is 2. The lowest BCUT2D eigenvalue weighted by molar-refractivity contribution is -0.127. The summed E-state index contributed by atoms with van der Waals surface area (Å²) < 4.78 is 20.8. The second kappa shape index (κ2) is 9.03. The molecule has 0 aromatic heterocycles. The topological polar surface area (TPSA) is 109 Å². The maximum Gasteiger partial charge on any atom is 0.246 e. The number of ether oxygens (including phenoxy) is 1. The fraction of sp³-hybridized carbons (Fsp3) is 0.333. The fourth-order valence-corrected chi connectivity index (χ4v) is 5.11. The van der Waals surface area contributed by atoms with E-state index in [1.54, 1.807) is 11.0 Å². The lowest BCUT2D eigenvalue weighted by atomic mass is 9.95. The van der Waals surface area contributed by atoms with Crippen molar-refractivity contribution in [3.63, 3.8) is 0 Å². The Labute approximate surface area is 205 Å². The number of carbonyl (C=O) groups excluding carboxylic acids is 1. The molecular formula is C24H24ClFN4O5. The number of aliphatic hydroxyl groups is 2. The Balaban J connectivity index is 1.65.